The average molecular weight is 233 g/mol. The Balaban J connectivity index is 2.73. The van der Waals surface area contributed by atoms with Crippen LogP contribution in [0.15, 0.2) is 11.1 Å². The molecule has 1 atom stereocenters. The maximum absolute atomic E-state index is 11.7. The lowest BCUT2D eigenvalue weighted by molar-refractivity contribution is 0.238. The van der Waals surface area contributed by atoms with Gasteiger partial charge in [0.05, 0.1) is 11.9 Å². The standard InChI is InChI=1S/C8H15N3O3S/c1-6(5-12)3-10-15(13,14)8-4-9-11-7(8)2/h4,6,10,12H,3,5H2,1-2H3,(H,9,11). The highest BCUT2D eigenvalue weighted by molar-refractivity contribution is 7.89. The summed E-state index contributed by atoms with van der Waals surface area (Å²) in [5, 5.41) is 15.0. The van der Waals surface area contributed by atoms with E-state index in [2.05, 4.69) is 14.9 Å². The number of hydrogen-bond acceptors (Lipinski definition) is 4. The summed E-state index contributed by atoms with van der Waals surface area (Å²) in [6, 6.07) is 0. The van der Waals surface area contributed by atoms with E-state index < -0.39 is 10.0 Å². The van der Waals surface area contributed by atoms with Gasteiger partial charge in [-0.15, -0.1) is 0 Å². The SMILES string of the molecule is Cc1[nH]ncc1S(=O)(=O)NCC(C)CO. The van der Waals surface area contributed by atoms with Crippen LogP contribution in [0.5, 0.6) is 0 Å². The lowest BCUT2D eigenvalue weighted by atomic mass is 10.2. The molecule has 0 fully saturated rings. The van der Waals surface area contributed by atoms with Gasteiger partial charge >= 0.3 is 0 Å². The molecule has 1 aromatic rings. The molecule has 1 heterocycles. The van der Waals surface area contributed by atoms with Crippen molar-refractivity contribution in [2.75, 3.05) is 13.2 Å². The number of hydrogen-bond donors (Lipinski definition) is 3. The zero-order valence-electron chi connectivity index (χ0n) is 8.69. The monoisotopic (exact) mass is 233 g/mol. The second-order valence-corrected chi connectivity index (χ2v) is 5.23. The molecule has 1 unspecified atom stereocenters. The van der Waals surface area contributed by atoms with Gasteiger partial charge in [-0.25, -0.2) is 13.1 Å². The van der Waals surface area contributed by atoms with Crippen LogP contribution in [0.1, 0.15) is 12.6 Å². The molecule has 86 valence electrons. The summed E-state index contributed by atoms with van der Waals surface area (Å²) in [7, 11) is -3.51. The molecule has 0 aliphatic rings. The zero-order chi connectivity index (χ0) is 11.5. The molecule has 0 spiro atoms. The number of nitrogens with one attached hydrogen (secondary N) is 2. The molecule has 3 N–H and O–H groups in total. The summed E-state index contributed by atoms with van der Waals surface area (Å²) in [5.41, 5.74) is 0.499. The molecule has 7 heteroatoms. The van der Waals surface area contributed by atoms with Gasteiger partial charge in [0.25, 0.3) is 0 Å². The Hall–Kier alpha value is -0.920. The Morgan fingerprint density at radius 3 is 2.80 bits per heavy atom. The fourth-order valence-electron chi connectivity index (χ4n) is 1.00. The van der Waals surface area contributed by atoms with Crippen molar-refractivity contribution in [1.29, 1.82) is 0 Å². The van der Waals surface area contributed by atoms with Gasteiger partial charge in [-0.1, -0.05) is 6.92 Å². The third-order valence-corrected chi connectivity index (χ3v) is 3.54. The van der Waals surface area contributed by atoms with Crippen LogP contribution in [0, 0.1) is 12.8 Å². The van der Waals surface area contributed by atoms with E-state index in [9.17, 15) is 8.42 Å². The highest BCUT2D eigenvalue weighted by atomic mass is 32.2. The first-order chi connectivity index (χ1) is 6.97. The average Bonchev–Trinajstić information content (AvgIpc) is 2.61. The van der Waals surface area contributed by atoms with E-state index >= 15 is 0 Å². The van der Waals surface area contributed by atoms with Crippen molar-refractivity contribution in [3.63, 3.8) is 0 Å². The topological polar surface area (TPSA) is 95.1 Å². The fraction of sp³-hybridized carbons (Fsp3) is 0.625. The molecule has 6 nitrogen and oxygen atoms in total. The van der Waals surface area contributed by atoms with Crippen LogP contribution < -0.4 is 4.72 Å². The zero-order valence-corrected chi connectivity index (χ0v) is 9.50. The first-order valence-electron chi connectivity index (χ1n) is 4.58. The van der Waals surface area contributed by atoms with Gasteiger partial charge in [-0.2, -0.15) is 5.10 Å². The van der Waals surface area contributed by atoms with Gasteiger partial charge in [-0.3, -0.25) is 5.10 Å². The smallest absolute Gasteiger partial charge is 0.243 e. The van der Waals surface area contributed by atoms with Crippen LogP contribution in [0.4, 0.5) is 0 Å². The molecule has 0 aromatic carbocycles. The van der Waals surface area contributed by atoms with Gasteiger partial charge in [0.2, 0.25) is 10.0 Å². The van der Waals surface area contributed by atoms with Crippen molar-refractivity contribution in [3.8, 4) is 0 Å². The maximum Gasteiger partial charge on any atom is 0.243 e. The van der Waals surface area contributed by atoms with Gasteiger partial charge in [0.1, 0.15) is 4.90 Å². The molecular weight excluding hydrogens is 218 g/mol. The number of rotatable bonds is 5. The minimum absolute atomic E-state index is 0.0487. The lowest BCUT2D eigenvalue weighted by Crippen LogP contribution is -2.29. The first-order valence-corrected chi connectivity index (χ1v) is 6.06. The van der Waals surface area contributed by atoms with E-state index in [4.69, 9.17) is 5.11 Å². The maximum atomic E-state index is 11.7. The number of aromatic amines is 1. The molecule has 0 bridgehead atoms. The van der Waals surface area contributed by atoms with E-state index in [1.54, 1.807) is 13.8 Å². The fourth-order valence-corrected chi connectivity index (χ4v) is 2.30. The Labute approximate surface area is 88.8 Å². The van der Waals surface area contributed by atoms with Gasteiger partial charge in [0, 0.05) is 13.2 Å². The van der Waals surface area contributed by atoms with Crippen LogP contribution in [0.2, 0.25) is 0 Å². The Kier molecular flexibility index (Phi) is 3.83. The van der Waals surface area contributed by atoms with E-state index in [1.807, 2.05) is 0 Å². The van der Waals surface area contributed by atoms with E-state index in [0.717, 1.165) is 0 Å². The Morgan fingerprint density at radius 1 is 1.67 bits per heavy atom. The molecule has 1 aromatic heterocycles. The molecule has 0 saturated heterocycles. The number of H-pyrrole nitrogens is 1. The third-order valence-electron chi connectivity index (χ3n) is 2.01. The normalized spacial score (nSPS) is 14.1. The lowest BCUT2D eigenvalue weighted by Gasteiger charge is -2.09. The van der Waals surface area contributed by atoms with Crippen LogP contribution in [-0.4, -0.2) is 36.9 Å². The van der Waals surface area contributed by atoms with Crippen LogP contribution in [0.25, 0.3) is 0 Å². The Morgan fingerprint density at radius 2 is 2.33 bits per heavy atom. The second-order valence-electron chi connectivity index (χ2n) is 3.50. The van der Waals surface area contributed by atoms with Crippen LogP contribution in [0.3, 0.4) is 0 Å². The minimum atomic E-state index is -3.51. The molecule has 0 radical (unpaired) electrons. The van der Waals surface area contributed by atoms with Crippen molar-refractivity contribution in [2.45, 2.75) is 18.7 Å². The summed E-state index contributed by atoms with van der Waals surface area (Å²) < 4.78 is 25.8. The van der Waals surface area contributed by atoms with Gasteiger partial charge < -0.3 is 5.11 Å². The van der Waals surface area contributed by atoms with Crippen molar-refractivity contribution in [3.05, 3.63) is 11.9 Å². The summed E-state index contributed by atoms with van der Waals surface area (Å²) in [6.07, 6.45) is 1.27. The van der Waals surface area contributed by atoms with E-state index in [-0.39, 0.29) is 24.0 Å². The van der Waals surface area contributed by atoms with Gasteiger partial charge in [-0.05, 0) is 12.8 Å². The molecule has 0 saturated carbocycles. The van der Waals surface area contributed by atoms with E-state index in [0.29, 0.717) is 5.69 Å². The second kappa shape index (κ2) is 4.73. The van der Waals surface area contributed by atoms with Crippen molar-refractivity contribution in [2.24, 2.45) is 5.92 Å². The molecule has 0 aliphatic carbocycles. The number of aliphatic hydroxyl groups excluding tert-OH is 1. The quantitative estimate of drug-likeness (QED) is 0.646. The summed E-state index contributed by atoms with van der Waals surface area (Å²) in [6.45, 7) is 3.55. The number of nitrogens with zero attached hydrogens (tertiary/aromatic N) is 1. The third kappa shape index (κ3) is 3.01. The number of aryl methyl sites for hydroxylation is 1. The number of sulfonamides is 1. The van der Waals surface area contributed by atoms with Crippen LogP contribution in [-0.2, 0) is 10.0 Å². The predicted octanol–water partition coefficient (Wildman–Crippen LogP) is -0.375. The van der Waals surface area contributed by atoms with Crippen LogP contribution >= 0.6 is 0 Å². The van der Waals surface area contributed by atoms with E-state index in [1.165, 1.54) is 6.20 Å². The molecule has 0 amide bonds. The van der Waals surface area contributed by atoms with Gasteiger partial charge in [0.15, 0.2) is 0 Å². The predicted molar refractivity (Wildman–Crippen MR) is 54.8 cm³/mol. The highest BCUT2D eigenvalue weighted by Gasteiger charge is 2.18. The molecule has 0 aliphatic heterocycles. The summed E-state index contributed by atoms with van der Waals surface area (Å²) >= 11 is 0. The number of aliphatic hydroxyl groups is 1. The molecule has 15 heavy (non-hydrogen) atoms. The number of aromatic nitrogens is 2. The largest absolute Gasteiger partial charge is 0.396 e. The summed E-state index contributed by atoms with van der Waals surface area (Å²) in [5.74, 6) is -0.105. The molecular formula is C8H15N3O3S. The highest BCUT2D eigenvalue weighted by Crippen LogP contribution is 2.10. The Bertz CT molecular complexity index is 413. The van der Waals surface area contributed by atoms with Crippen molar-refractivity contribution >= 4 is 10.0 Å². The van der Waals surface area contributed by atoms with Crippen molar-refractivity contribution < 1.29 is 13.5 Å². The first kappa shape index (κ1) is 12.2. The van der Waals surface area contributed by atoms with Crippen molar-refractivity contribution in [1.82, 2.24) is 14.9 Å². The summed E-state index contributed by atoms with van der Waals surface area (Å²) in [4.78, 5) is 0.146. The molecule has 1 rings (SSSR count). The minimum Gasteiger partial charge on any atom is -0.396 e.